The first kappa shape index (κ1) is 12.3. The molecule has 0 amide bonds. The number of nitro groups is 2. The molecule has 0 unspecified atom stereocenters. The number of nitrogens with zero attached hydrogens (tertiary/aromatic N) is 8. The summed E-state index contributed by atoms with van der Waals surface area (Å²) in [5.41, 5.74) is 4.75. The topological polar surface area (TPSA) is 174 Å². The SMILES string of the molecule is Nc1nnnn1CCn1cc([N+](=O)[O-])c([N+](=O)[O-])n1. The van der Waals surface area contributed by atoms with E-state index < -0.39 is 21.4 Å². The lowest BCUT2D eigenvalue weighted by Crippen LogP contribution is -2.11. The Morgan fingerprint density at radius 3 is 2.47 bits per heavy atom. The molecule has 0 fully saturated rings. The lowest BCUT2D eigenvalue weighted by atomic mass is 10.5. The Morgan fingerprint density at radius 2 is 2.00 bits per heavy atom. The van der Waals surface area contributed by atoms with Crippen LogP contribution in [0.2, 0.25) is 0 Å². The lowest BCUT2D eigenvalue weighted by molar-refractivity contribution is -0.424. The molecule has 0 aromatic carbocycles. The average Bonchev–Trinajstić information content (AvgIpc) is 2.92. The summed E-state index contributed by atoms with van der Waals surface area (Å²) in [4.78, 5) is 19.4. The highest BCUT2D eigenvalue weighted by Crippen LogP contribution is 2.23. The van der Waals surface area contributed by atoms with Gasteiger partial charge in [-0.1, -0.05) is 5.10 Å². The van der Waals surface area contributed by atoms with E-state index in [1.54, 1.807) is 0 Å². The van der Waals surface area contributed by atoms with Gasteiger partial charge in [0.2, 0.25) is 5.95 Å². The zero-order chi connectivity index (χ0) is 14.0. The molecule has 13 heteroatoms. The third-order valence-corrected chi connectivity index (χ3v) is 2.19. The summed E-state index contributed by atoms with van der Waals surface area (Å²) in [5.74, 6) is -0.745. The van der Waals surface area contributed by atoms with E-state index in [1.807, 2.05) is 0 Å². The number of anilines is 1. The van der Waals surface area contributed by atoms with E-state index >= 15 is 0 Å². The second kappa shape index (κ2) is 4.63. The van der Waals surface area contributed by atoms with Gasteiger partial charge < -0.3 is 15.8 Å². The summed E-state index contributed by atoms with van der Waals surface area (Å²) in [7, 11) is 0. The maximum Gasteiger partial charge on any atom is 0.467 e. The predicted octanol–water partition coefficient (Wildman–Crippen LogP) is -1.03. The van der Waals surface area contributed by atoms with Gasteiger partial charge in [0, 0.05) is 0 Å². The van der Waals surface area contributed by atoms with Crippen LogP contribution in [0.4, 0.5) is 17.5 Å². The normalized spacial score (nSPS) is 10.5. The maximum absolute atomic E-state index is 10.6. The van der Waals surface area contributed by atoms with Crippen LogP contribution in [-0.4, -0.2) is 39.8 Å². The molecule has 0 bridgehead atoms. The Balaban J connectivity index is 2.18. The van der Waals surface area contributed by atoms with Crippen molar-refractivity contribution in [1.29, 1.82) is 0 Å². The molecule has 0 aliphatic rings. The number of aromatic nitrogens is 6. The first-order chi connectivity index (χ1) is 8.99. The van der Waals surface area contributed by atoms with E-state index in [0.29, 0.717) is 0 Å². The average molecular weight is 269 g/mol. The monoisotopic (exact) mass is 269 g/mol. The van der Waals surface area contributed by atoms with Crippen LogP contribution in [-0.2, 0) is 13.1 Å². The van der Waals surface area contributed by atoms with Crippen molar-refractivity contribution in [3.63, 3.8) is 0 Å². The quantitative estimate of drug-likeness (QED) is 0.525. The van der Waals surface area contributed by atoms with E-state index in [-0.39, 0.29) is 19.0 Å². The van der Waals surface area contributed by atoms with Crippen molar-refractivity contribution in [2.24, 2.45) is 0 Å². The minimum atomic E-state index is -0.917. The first-order valence-corrected chi connectivity index (χ1v) is 4.87. The minimum Gasteiger partial charge on any atom is -0.367 e. The van der Waals surface area contributed by atoms with Crippen molar-refractivity contribution in [3.05, 3.63) is 26.4 Å². The molecule has 0 aliphatic heterocycles. The molecule has 19 heavy (non-hydrogen) atoms. The Morgan fingerprint density at radius 1 is 1.26 bits per heavy atom. The first-order valence-electron chi connectivity index (χ1n) is 4.87. The summed E-state index contributed by atoms with van der Waals surface area (Å²) >= 11 is 0. The molecule has 100 valence electrons. The maximum atomic E-state index is 10.6. The van der Waals surface area contributed by atoms with Gasteiger partial charge in [-0.25, -0.2) is 4.68 Å². The number of aryl methyl sites for hydroxylation is 2. The summed E-state index contributed by atoms with van der Waals surface area (Å²) in [6.45, 7) is 0.277. The van der Waals surface area contributed by atoms with Crippen molar-refractivity contribution in [2.75, 3.05) is 5.73 Å². The molecule has 0 aliphatic carbocycles. The van der Waals surface area contributed by atoms with Crippen molar-refractivity contribution < 1.29 is 9.85 Å². The van der Waals surface area contributed by atoms with Crippen molar-refractivity contribution in [2.45, 2.75) is 13.1 Å². The van der Waals surface area contributed by atoms with Gasteiger partial charge >= 0.3 is 11.5 Å². The van der Waals surface area contributed by atoms with Gasteiger partial charge in [-0.2, -0.15) is 4.68 Å². The van der Waals surface area contributed by atoms with Crippen LogP contribution in [0.25, 0.3) is 0 Å². The fourth-order valence-electron chi connectivity index (χ4n) is 1.34. The van der Waals surface area contributed by atoms with Crippen molar-refractivity contribution in [1.82, 2.24) is 30.0 Å². The Kier molecular flexibility index (Phi) is 3.01. The van der Waals surface area contributed by atoms with Crippen LogP contribution in [0.15, 0.2) is 6.20 Å². The highest BCUT2D eigenvalue weighted by Gasteiger charge is 2.30. The Hall–Kier alpha value is -3.12. The van der Waals surface area contributed by atoms with Gasteiger partial charge in [-0.15, -0.1) is 0 Å². The standard InChI is InChI=1S/C6H7N9O4/c7-6-8-10-11-13(6)2-1-12-3-4(14(16)17)5(9-12)15(18)19/h3H,1-2H2,(H2,7,8,11). The molecule has 13 nitrogen and oxygen atoms in total. The Bertz CT molecular complexity index is 599. The van der Waals surface area contributed by atoms with Crippen LogP contribution in [0, 0.1) is 20.2 Å². The largest absolute Gasteiger partial charge is 0.467 e. The molecule has 2 heterocycles. The molecular weight excluding hydrogens is 262 g/mol. The van der Waals surface area contributed by atoms with Crippen LogP contribution >= 0.6 is 0 Å². The molecule has 2 N–H and O–H groups in total. The molecule has 0 spiro atoms. The van der Waals surface area contributed by atoms with Gasteiger partial charge in [0.05, 0.1) is 23.1 Å². The molecule has 2 rings (SSSR count). The number of hydrogen-bond acceptors (Lipinski definition) is 9. The zero-order valence-electron chi connectivity index (χ0n) is 9.28. The van der Waals surface area contributed by atoms with Crippen LogP contribution in [0.3, 0.4) is 0 Å². The third-order valence-electron chi connectivity index (χ3n) is 2.19. The Labute approximate surface area is 103 Å². The highest BCUT2D eigenvalue weighted by atomic mass is 16.6. The van der Waals surface area contributed by atoms with E-state index in [1.165, 1.54) is 4.68 Å². The van der Waals surface area contributed by atoms with Gasteiger partial charge in [0.25, 0.3) is 0 Å². The van der Waals surface area contributed by atoms with Crippen molar-refractivity contribution >= 4 is 17.5 Å². The van der Waals surface area contributed by atoms with Crippen molar-refractivity contribution in [3.8, 4) is 0 Å². The van der Waals surface area contributed by atoms with Crippen LogP contribution in [0.1, 0.15) is 0 Å². The van der Waals surface area contributed by atoms with Gasteiger partial charge in [0.15, 0.2) is 0 Å². The van der Waals surface area contributed by atoms with Crippen LogP contribution in [0.5, 0.6) is 0 Å². The third kappa shape index (κ3) is 2.43. The summed E-state index contributed by atoms with van der Waals surface area (Å²) in [6, 6.07) is 0. The van der Waals surface area contributed by atoms with Gasteiger partial charge in [-0.3, -0.25) is 10.1 Å². The van der Waals surface area contributed by atoms with Gasteiger partial charge in [0.1, 0.15) is 6.20 Å². The highest BCUT2D eigenvalue weighted by molar-refractivity contribution is 5.44. The van der Waals surface area contributed by atoms with E-state index in [2.05, 4.69) is 20.6 Å². The summed E-state index contributed by atoms with van der Waals surface area (Å²) in [5, 5.41) is 35.0. The van der Waals surface area contributed by atoms with E-state index in [0.717, 1.165) is 10.9 Å². The number of hydrogen-bond donors (Lipinski definition) is 1. The summed E-state index contributed by atoms with van der Waals surface area (Å²) in [6.07, 6.45) is 0.971. The minimum absolute atomic E-state index is 0.0659. The predicted molar refractivity (Wildman–Crippen MR) is 57.8 cm³/mol. The van der Waals surface area contributed by atoms with Crippen LogP contribution < -0.4 is 5.73 Å². The number of rotatable bonds is 5. The second-order valence-electron chi connectivity index (χ2n) is 3.38. The molecule has 0 saturated heterocycles. The second-order valence-corrected chi connectivity index (χ2v) is 3.38. The fourth-order valence-corrected chi connectivity index (χ4v) is 1.34. The zero-order valence-corrected chi connectivity index (χ0v) is 9.28. The molecule has 0 saturated carbocycles. The number of nitrogens with two attached hydrogens (primary N) is 1. The molecule has 0 atom stereocenters. The summed E-state index contributed by atoms with van der Waals surface area (Å²) < 4.78 is 2.30. The van der Waals surface area contributed by atoms with Gasteiger partial charge in [-0.05, 0) is 15.4 Å². The molecule has 2 aromatic heterocycles. The smallest absolute Gasteiger partial charge is 0.367 e. The number of nitrogen functional groups attached to an aromatic ring is 1. The molecular formula is C6H7N9O4. The van der Waals surface area contributed by atoms with E-state index in [9.17, 15) is 20.2 Å². The fraction of sp³-hybridized carbons (Fsp3) is 0.333. The molecule has 2 aromatic rings. The number of tetrazole rings is 1. The van der Waals surface area contributed by atoms with E-state index in [4.69, 9.17) is 5.73 Å². The molecule has 0 radical (unpaired) electrons. The lowest BCUT2D eigenvalue weighted by Gasteiger charge is -1.97.